The normalized spacial score (nSPS) is 14.6. The second-order valence-electron chi connectivity index (χ2n) is 4.10. The van der Waals surface area contributed by atoms with Gasteiger partial charge in [0.2, 0.25) is 5.91 Å². The molecule has 0 aliphatic rings. The number of rotatable bonds is 10. The molecule has 0 aliphatic heterocycles. The summed E-state index contributed by atoms with van der Waals surface area (Å²) in [7, 11) is 1.80. The predicted octanol–water partition coefficient (Wildman–Crippen LogP) is -1.10. The molecule has 0 radical (unpaired) electrons. The van der Waals surface area contributed by atoms with Gasteiger partial charge in [0.1, 0.15) is 0 Å². The van der Waals surface area contributed by atoms with Crippen LogP contribution in [0.15, 0.2) is 16.9 Å². The molecule has 0 rings (SSSR count). The summed E-state index contributed by atoms with van der Waals surface area (Å²) < 4.78 is 0. The van der Waals surface area contributed by atoms with E-state index in [0.29, 0.717) is 18.7 Å². The Bertz CT molecular complexity index is 306. The van der Waals surface area contributed by atoms with Crippen LogP contribution in [0.5, 0.6) is 0 Å². The summed E-state index contributed by atoms with van der Waals surface area (Å²) in [6, 6.07) is -0.200. The molecular formula is C12H25N5O2. The molecule has 0 fully saturated rings. The first kappa shape index (κ1) is 17.6. The highest BCUT2D eigenvalue weighted by Crippen LogP contribution is 2.04. The van der Waals surface area contributed by atoms with E-state index in [2.05, 4.69) is 27.7 Å². The molecule has 0 aromatic carbocycles. The van der Waals surface area contributed by atoms with Gasteiger partial charge in [0.15, 0.2) is 0 Å². The SMILES string of the molecule is C=N/C=C(\CC(=O)NCN)NC(CNC)[C@@H](O)CC. The number of amides is 1. The number of aliphatic imine (C=N–C) groups is 1. The minimum Gasteiger partial charge on any atom is -0.391 e. The van der Waals surface area contributed by atoms with Gasteiger partial charge in [-0.2, -0.15) is 0 Å². The third kappa shape index (κ3) is 7.55. The zero-order valence-electron chi connectivity index (χ0n) is 11.6. The van der Waals surface area contributed by atoms with Crippen LogP contribution in [-0.2, 0) is 4.79 Å². The van der Waals surface area contributed by atoms with Gasteiger partial charge >= 0.3 is 0 Å². The van der Waals surface area contributed by atoms with Crippen LogP contribution in [0.25, 0.3) is 0 Å². The third-order valence-corrected chi connectivity index (χ3v) is 2.57. The number of hydrogen-bond donors (Lipinski definition) is 5. The molecule has 0 heterocycles. The zero-order chi connectivity index (χ0) is 14.7. The lowest BCUT2D eigenvalue weighted by Crippen LogP contribution is -2.46. The Hall–Kier alpha value is -1.44. The molecule has 7 nitrogen and oxygen atoms in total. The molecule has 0 saturated heterocycles. The Balaban J connectivity index is 4.65. The first-order chi connectivity index (χ1) is 9.08. The number of hydrogen-bond acceptors (Lipinski definition) is 6. The van der Waals surface area contributed by atoms with Crippen molar-refractivity contribution in [3.8, 4) is 0 Å². The highest BCUT2D eigenvalue weighted by atomic mass is 16.3. The standard InChI is InChI=1S/C12H25N5O2/c1-4-11(18)10(7-15-3)17-9(6-14-2)5-12(19)16-8-13/h6,10-11,15,17-18H,2,4-5,7-8,13H2,1,3H3,(H,16,19)/b9-6+/t10?,11-/m0/s1. The first-order valence-electron chi connectivity index (χ1n) is 6.29. The van der Waals surface area contributed by atoms with Crippen LogP contribution in [0.3, 0.4) is 0 Å². The topological polar surface area (TPSA) is 112 Å². The predicted molar refractivity (Wildman–Crippen MR) is 76.6 cm³/mol. The molecule has 0 aromatic rings. The van der Waals surface area contributed by atoms with E-state index in [1.165, 1.54) is 6.20 Å². The van der Waals surface area contributed by atoms with E-state index < -0.39 is 6.10 Å². The Labute approximate surface area is 114 Å². The molecule has 0 aromatic heterocycles. The van der Waals surface area contributed by atoms with E-state index in [4.69, 9.17) is 5.73 Å². The van der Waals surface area contributed by atoms with Gasteiger partial charge in [0.25, 0.3) is 0 Å². The fraction of sp³-hybridized carbons (Fsp3) is 0.667. The van der Waals surface area contributed by atoms with Crippen LogP contribution in [0.2, 0.25) is 0 Å². The Morgan fingerprint density at radius 3 is 2.74 bits per heavy atom. The van der Waals surface area contributed by atoms with E-state index >= 15 is 0 Å². The fourth-order valence-electron chi connectivity index (χ4n) is 1.62. The molecule has 1 amide bonds. The number of likely N-dealkylation sites (N-methyl/N-ethyl adjacent to an activating group) is 1. The number of nitrogens with one attached hydrogen (secondary N) is 3. The molecule has 7 heteroatoms. The van der Waals surface area contributed by atoms with Gasteiger partial charge in [0, 0.05) is 18.4 Å². The van der Waals surface area contributed by atoms with Gasteiger partial charge in [-0.25, -0.2) is 0 Å². The first-order valence-corrected chi connectivity index (χ1v) is 6.29. The molecule has 110 valence electrons. The summed E-state index contributed by atoms with van der Waals surface area (Å²) in [5.41, 5.74) is 5.83. The highest BCUT2D eigenvalue weighted by molar-refractivity contribution is 5.78. The summed E-state index contributed by atoms with van der Waals surface area (Å²) in [5, 5.41) is 18.5. The molecule has 6 N–H and O–H groups in total. The Kier molecular flexibility index (Phi) is 9.69. The van der Waals surface area contributed by atoms with Crippen molar-refractivity contribution in [1.82, 2.24) is 16.0 Å². The van der Waals surface area contributed by atoms with E-state index in [9.17, 15) is 9.90 Å². The van der Waals surface area contributed by atoms with Crippen molar-refractivity contribution in [2.75, 3.05) is 20.3 Å². The Morgan fingerprint density at radius 1 is 1.58 bits per heavy atom. The van der Waals surface area contributed by atoms with Crippen molar-refractivity contribution >= 4 is 12.6 Å². The summed E-state index contributed by atoms with van der Waals surface area (Å²) >= 11 is 0. The van der Waals surface area contributed by atoms with Crippen LogP contribution in [0.1, 0.15) is 19.8 Å². The molecule has 1 unspecified atom stereocenters. The maximum absolute atomic E-state index is 11.5. The zero-order valence-corrected chi connectivity index (χ0v) is 11.6. The molecule has 0 aliphatic carbocycles. The van der Waals surface area contributed by atoms with Gasteiger partial charge in [0.05, 0.1) is 25.2 Å². The molecular weight excluding hydrogens is 246 g/mol. The highest BCUT2D eigenvalue weighted by Gasteiger charge is 2.18. The second kappa shape index (κ2) is 10.5. The van der Waals surface area contributed by atoms with Crippen LogP contribution < -0.4 is 21.7 Å². The maximum Gasteiger partial charge on any atom is 0.226 e. The number of nitrogens with zero attached hydrogens (tertiary/aromatic N) is 1. The average Bonchev–Trinajstić information content (AvgIpc) is 2.37. The van der Waals surface area contributed by atoms with Crippen molar-refractivity contribution in [3.63, 3.8) is 0 Å². The number of aliphatic hydroxyl groups is 1. The lowest BCUT2D eigenvalue weighted by molar-refractivity contribution is -0.120. The van der Waals surface area contributed by atoms with Gasteiger partial charge in [-0.3, -0.25) is 9.79 Å². The average molecular weight is 271 g/mol. The Morgan fingerprint density at radius 2 is 2.26 bits per heavy atom. The monoisotopic (exact) mass is 271 g/mol. The van der Waals surface area contributed by atoms with Crippen LogP contribution in [0, 0.1) is 0 Å². The summed E-state index contributed by atoms with van der Waals surface area (Å²) in [5.74, 6) is -0.209. The number of carbonyl (C=O) groups is 1. The maximum atomic E-state index is 11.5. The summed E-state index contributed by atoms with van der Waals surface area (Å²) in [4.78, 5) is 15.2. The molecule has 0 bridgehead atoms. The van der Waals surface area contributed by atoms with E-state index in [1.54, 1.807) is 7.05 Å². The largest absolute Gasteiger partial charge is 0.391 e. The van der Waals surface area contributed by atoms with Gasteiger partial charge in [-0.05, 0) is 20.2 Å². The van der Waals surface area contributed by atoms with E-state index in [1.807, 2.05) is 6.92 Å². The van der Waals surface area contributed by atoms with E-state index in [-0.39, 0.29) is 25.0 Å². The smallest absolute Gasteiger partial charge is 0.226 e. The molecule has 2 atom stereocenters. The van der Waals surface area contributed by atoms with E-state index in [0.717, 1.165) is 0 Å². The van der Waals surface area contributed by atoms with Crippen molar-refractivity contribution in [2.45, 2.75) is 31.9 Å². The summed E-state index contributed by atoms with van der Waals surface area (Å²) in [6.45, 7) is 5.93. The van der Waals surface area contributed by atoms with Gasteiger partial charge < -0.3 is 26.8 Å². The van der Waals surface area contributed by atoms with Crippen LogP contribution in [-0.4, -0.2) is 50.1 Å². The number of aliphatic hydroxyl groups excluding tert-OH is 1. The van der Waals surface area contributed by atoms with Crippen molar-refractivity contribution in [3.05, 3.63) is 11.9 Å². The van der Waals surface area contributed by atoms with Crippen molar-refractivity contribution in [1.29, 1.82) is 0 Å². The van der Waals surface area contributed by atoms with Crippen molar-refractivity contribution < 1.29 is 9.90 Å². The van der Waals surface area contributed by atoms with Crippen LogP contribution >= 0.6 is 0 Å². The van der Waals surface area contributed by atoms with Crippen molar-refractivity contribution in [2.24, 2.45) is 10.7 Å². The van der Waals surface area contributed by atoms with Gasteiger partial charge in [-0.1, -0.05) is 6.92 Å². The van der Waals surface area contributed by atoms with Crippen LogP contribution in [0.4, 0.5) is 0 Å². The number of nitrogens with two attached hydrogens (primary N) is 1. The lowest BCUT2D eigenvalue weighted by atomic mass is 10.1. The lowest BCUT2D eigenvalue weighted by Gasteiger charge is -2.25. The minimum atomic E-state index is -0.516. The fourth-order valence-corrected chi connectivity index (χ4v) is 1.62. The van der Waals surface area contributed by atoms with Gasteiger partial charge in [-0.15, -0.1) is 0 Å². The second-order valence-corrected chi connectivity index (χ2v) is 4.10. The minimum absolute atomic E-state index is 0.0885. The number of carbonyl (C=O) groups excluding carboxylic acids is 1. The molecule has 0 saturated carbocycles. The quantitative estimate of drug-likeness (QED) is 0.256. The summed E-state index contributed by atoms with van der Waals surface area (Å²) in [6.07, 6.45) is 1.69. The third-order valence-electron chi connectivity index (χ3n) is 2.57. The molecule has 19 heavy (non-hydrogen) atoms. The molecule has 0 spiro atoms.